The number of hydrogen-bond donors (Lipinski definition) is 1. The number of hydrogen-bond acceptors (Lipinski definition) is 3. The van der Waals surface area contributed by atoms with Crippen molar-refractivity contribution in [2.45, 2.75) is 26.2 Å². The van der Waals surface area contributed by atoms with Crippen molar-refractivity contribution in [2.75, 3.05) is 5.75 Å². The minimum absolute atomic E-state index is 0.0190. The van der Waals surface area contributed by atoms with Gasteiger partial charge in [0.1, 0.15) is 0 Å². The van der Waals surface area contributed by atoms with Crippen molar-refractivity contribution in [1.29, 1.82) is 0 Å². The van der Waals surface area contributed by atoms with Crippen LogP contribution in [0.1, 0.15) is 24.5 Å². The number of benzene rings is 1. The third kappa shape index (κ3) is 2.58. The lowest BCUT2D eigenvalue weighted by molar-refractivity contribution is -0.148. The number of thioether (sulfide) groups is 1. The van der Waals surface area contributed by atoms with E-state index >= 15 is 0 Å². The highest BCUT2D eigenvalue weighted by molar-refractivity contribution is 8.13. The molecule has 3 nitrogen and oxygen atoms in total. The molecule has 1 atom stereocenters. The number of aliphatic carboxylic acids is 1. The Labute approximate surface area is 111 Å². The minimum Gasteiger partial charge on any atom is -0.481 e. The second kappa shape index (κ2) is 5.14. The van der Waals surface area contributed by atoms with Gasteiger partial charge in [-0.3, -0.25) is 9.59 Å². The van der Waals surface area contributed by atoms with Crippen molar-refractivity contribution in [2.24, 2.45) is 5.41 Å². The molecule has 0 saturated carbocycles. The Morgan fingerprint density at radius 3 is 2.61 bits per heavy atom. The third-order valence-electron chi connectivity index (χ3n) is 3.53. The molecule has 1 N–H and O–H groups in total. The molecular weight excluding hydrogens is 248 g/mol. The highest BCUT2D eigenvalue weighted by Gasteiger charge is 2.41. The first-order chi connectivity index (χ1) is 8.53. The highest BCUT2D eigenvalue weighted by atomic mass is 32.2. The van der Waals surface area contributed by atoms with Crippen LogP contribution in [0.5, 0.6) is 0 Å². The van der Waals surface area contributed by atoms with Gasteiger partial charge in [-0.25, -0.2) is 0 Å². The van der Waals surface area contributed by atoms with Gasteiger partial charge >= 0.3 is 5.97 Å². The standard InChI is InChI=1S/C14H16O3S/c1-10(15)18-9-14(13(16)17)7-6-11-4-2-3-5-12(11)8-14/h2-5H,6-9H2,1H3,(H,16,17). The summed E-state index contributed by atoms with van der Waals surface area (Å²) in [5.74, 6) is -0.419. The molecule has 0 amide bonds. The van der Waals surface area contributed by atoms with E-state index in [1.54, 1.807) is 0 Å². The molecule has 18 heavy (non-hydrogen) atoms. The number of carbonyl (C=O) groups excluding carboxylic acids is 1. The molecule has 4 heteroatoms. The first kappa shape index (κ1) is 13.1. The van der Waals surface area contributed by atoms with Crippen LogP contribution in [-0.4, -0.2) is 21.9 Å². The average molecular weight is 264 g/mol. The van der Waals surface area contributed by atoms with Gasteiger partial charge in [0.05, 0.1) is 5.41 Å². The summed E-state index contributed by atoms with van der Waals surface area (Å²) in [7, 11) is 0. The van der Waals surface area contributed by atoms with Gasteiger partial charge in [0.25, 0.3) is 0 Å². The molecule has 96 valence electrons. The number of carboxylic acids is 1. The maximum absolute atomic E-state index is 11.6. The molecule has 0 radical (unpaired) electrons. The van der Waals surface area contributed by atoms with Crippen LogP contribution in [0.15, 0.2) is 24.3 Å². The molecule has 0 heterocycles. The Hall–Kier alpha value is -1.29. The fourth-order valence-electron chi connectivity index (χ4n) is 2.41. The van der Waals surface area contributed by atoms with Gasteiger partial charge in [0.2, 0.25) is 0 Å². The molecule has 0 aromatic heterocycles. The second-order valence-corrected chi connectivity index (χ2v) is 5.96. The molecule has 1 aromatic carbocycles. The van der Waals surface area contributed by atoms with Gasteiger partial charge in [-0.2, -0.15) is 0 Å². The fraction of sp³-hybridized carbons (Fsp3) is 0.429. The van der Waals surface area contributed by atoms with Crippen molar-refractivity contribution in [3.8, 4) is 0 Å². The SMILES string of the molecule is CC(=O)SCC1(C(=O)O)CCc2ccccc2C1. The van der Waals surface area contributed by atoms with Crippen LogP contribution in [0.4, 0.5) is 0 Å². The zero-order valence-electron chi connectivity index (χ0n) is 10.3. The van der Waals surface area contributed by atoms with E-state index in [2.05, 4.69) is 6.07 Å². The zero-order chi connectivity index (χ0) is 13.2. The summed E-state index contributed by atoms with van der Waals surface area (Å²) in [6.07, 6.45) is 1.92. The number of carboxylic acid groups (broad SMARTS) is 1. The Morgan fingerprint density at radius 1 is 1.33 bits per heavy atom. The van der Waals surface area contributed by atoms with Gasteiger partial charge < -0.3 is 5.11 Å². The van der Waals surface area contributed by atoms with Gasteiger partial charge in [0, 0.05) is 12.7 Å². The molecule has 0 bridgehead atoms. The third-order valence-corrected chi connectivity index (χ3v) is 4.63. The normalized spacial score (nSPS) is 22.3. The molecule has 0 saturated heterocycles. The van der Waals surface area contributed by atoms with E-state index in [9.17, 15) is 14.7 Å². The Kier molecular flexibility index (Phi) is 3.76. The van der Waals surface area contributed by atoms with Crippen LogP contribution in [0.3, 0.4) is 0 Å². The Balaban J connectivity index is 2.24. The van der Waals surface area contributed by atoms with Gasteiger partial charge in [-0.05, 0) is 30.4 Å². The highest BCUT2D eigenvalue weighted by Crippen LogP contribution is 2.38. The van der Waals surface area contributed by atoms with Crippen LogP contribution in [0.2, 0.25) is 0 Å². The fourth-order valence-corrected chi connectivity index (χ4v) is 3.26. The summed E-state index contributed by atoms with van der Waals surface area (Å²) < 4.78 is 0. The van der Waals surface area contributed by atoms with E-state index in [0.717, 1.165) is 23.7 Å². The van der Waals surface area contributed by atoms with Crippen molar-refractivity contribution in [3.63, 3.8) is 0 Å². The number of rotatable bonds is 3. The van der Waals surface area contributed by atoms with Crippen LogP contribution in [0.25, 0.3) is 0 Å². The first-order valence-electron chi connectivity index (χ1n) is 5.97. The number of aryl methyl sites for hydroxylation is 1. The molecule has 1 unspecified atom stereocenters. The minimum atomic E-state index is -0.787. The zero-order valence-corrected chi connectivity index (χ0v) is 11.1. The van der Waals surface area contributed by atoms with Gasteiger partial charge in [-0.1, -0.05) is 36.0 Å². The molecule has 2 rings (SSSR count). The molecule has 0 aliphatic heterocycles. The van der Waals surface area contributed by atoms with Crippen molar-refractivity contribution in [1.82, 2.24) is 0 Å². The van der Waals surface area contributed by atoms with Crippen molar-refractivity contribution >= 4 is 22.8 Å². The van der Waals surface area contributed by atoms with Gasteiger partial charge in [0.15, 0.2) is 5.12 Å². The largest absolute Gasteiger partial charge is 0.481 e. The summed E-state index contributed by atoms with van der Waals surface area (Å²) in [6.45, 7) is 1.48. The van der Waals surface area contributed by atoms with E-state index in [1.807, 2.05) is 18.2 Å². The quantitative estimate of drug-likeness (QED) is 0.911. The lowest BCUT2D eigenvalue weighted by atomic mass is 9.73. The summed E-state index contributed by atoms with van der Waals surface area (Å²) in [6, 6.07) is 7.97. The van der Waals surface area contributed by atoms with E-state index in [0.29, 0.717) is 18.6 Å². The molecule has 1 aliphatic rings. The topological polar surface area (TPSA) is 54.4 Å². The van der Waals surface area contributed by atoms with E-state index in [4.69, 9.17) is 0 Å². The van der Waals surface area contributed by atoms with Crippen molar-refractivity contribution in [3.05, 3.63) is 35.4 Å². The van der Waals surface area contributed by atoms with Crippen LogP contribution in [0, 0.1) is 5.41 Å². The maximum atomic E-state index is 11.6. The van der Waals surface area contributed by atoms with Crippen LogP contribution in [-0.2, 0) is 22.4 Å². The Bertz CT molecular complexity index is 484. The average Bonchev–Trinajstić information content (AvgIpc) is 2.36. The summed E-state index contributed by atoms with van der Waals surface area (Å²) >= 11 is 1.12. The monoisotopic (exact) mass is 264 g/mol. The molecular formula is C14H16O3S. The maximum Gasteiger partial charge on any atom is 0.310 e. The first-order valence-corrected chi connectivity index (χ1v) is 6.96. The summed E-state index contributed by atoms with van der Waals surface area (Å²) in [5, 5.41) is 9.48. The smallest absolute Gasteiger partial charge is 0.310 e. The predicted molar refractivity (Wildman–Crippen MR) is 71.7 cm³/mol. The lowest BCUT2D eigenvalue weighted by Crippen LogP contribution is -2.39. The Morgan fingerprint density at radius 2 is 2.00 bits per heavy atom. The molecule has 1 aliphatic carbocycles. The lowest BCUT2D eigenvalue weighted by Gasteiger charge is -2.33. The molecule has 0 spiro atoms. The number of carbonyl (C=O) groups is 2. The van der Waals surface area contributed by atoms with E-state index < -0.39 is 11.4 Å². The molecule has 0 fully saturated rings. The second-order valence-electron chi connectivity index (χ2n) is 4.81. The number of fused-ring (bicyclic) bond motifs is 1. The predicted octanol–water partition coefficient (Wildman–Crippen LogP) is 2.53. The van der Waals surface area contributed by atoms with Crippen LogP contribution >= 0.6 is 11.8 Å². The van der Waals surface area contributed by atoms with Crippen molar-refractivity contribution < 1.29 is 14.7 Å². The summed E-state index contributed by atoms with van der Waals surface area (Å²) in [5.41, 5.74) is 1.56. The van der Waals surface area contributed by atoms with E-state index in [-0.39, 0.29) is 5.12 Å². The van der Waals surface area contributed by atoms with Gasteiger partial charge in [-0.15, -0.1) is 0 Å². The summed E-state index contributed by atoms with van der Waals surface area (Å²) in [4.78, 5) is 22.6. The molecule has 1 aromatic rings. The van der Waals surface area contributed by atoms with Crippen LogP contribution < -0.4 is 0 Å². The van der Waals surface area contributed by atoms with E-state index in [1.165, 1.54) is 12.5 Å².